The highest BCUT2D eigenvalue weighted by molar-refractivity contribution is 7.99. The highest BCUT2D eigenvalue weighted by Gasteiger charge is 2.41. The van der Waals surface area contributed by atoms with Crippen LogP contribution in [0.1, 0.15) is 36.4 Å². The molecule has 3 rings (SSSR count). The molecule has 2 amide bonds. The lowest BCUT2D eigenvalue weighted by Gasteiger charge is -2.29. The zero-order chi connectivity index (χ0) is 19.2. The van der Waals surface area contributed by atoms with Crippen molar-refractivity contribution in [3.8, 4) is 0 Å². The number of aromatic nitrogens is 1. The van der Waals surface area contributed by atoms with Gasteiger partial charge in [0.25, 0.3) is 0 Å². The van der Waals surface area contributed by atoms with Crippen molar-refractivity contribution in [1.82, 2.24) is 15.2 Å². The highest BCUT2D eigenvalue weighted by Crippen LogP contribution is 2.42. The van der Waals surface area contributed by atoms with Crippen molar-refractivity contribution in [2.75, 3.05) is 5.75 Å². The highest BCUT2D eigenvalue weighted by atomic mass is 32.2. The van der Waals surface area contributed by atoms with Gasteiger partial charge in [0.15, 0.2) is 0 Å². The van der Waals surface area contributed by atoms with E-state index in [0.717, 1.165) is 5.69 Å². The average molecular weight is 387 g/mol. The van der Waals surface area contributed by atoms with Crippen LogP contribution in [0.25, 0.3) is 0 Å². The number of carbonyl (C=O) groups excluding carboxylic acids is 2. The van der Waals surface area contributed by atoms with Crippen LogP contribution in [0.15, 0.2) is 48.7 Å². The standard InChI is InChI=1S/C20H22FN3O2S/c1-2-6-18(25)24-17(19(26)23-12-16-9-3-4-10-22-16)13-27-20(24)14-7-5-8-15(21)11-14/h3-5,7-11,17,20H,2,6,12-13H2,1H3,(H,23,26). The summed E-state index contributed by atoms with van der Waals surface area (Å²) in [6.45, 7) is 2.23. The summed E-state index contributed by atoms with van der Waals surface area (Å²) in [7, 11) is 0. The molecule has 7 heteroatoms. The van der Waals surface area contributed by atoms with E-state index in [9.17, 15) is 14.0 Å². The minimum Gasteiger partial charge on any atom is -0.349 e. The Balaban J connectivity index is 1.76. The minimum absolute atomic E-state index is 0.0882. The lowest BCUT2D eigenvalue weighted by Crippen LogP contribution is -2.47. The molecule has 1 aromatic carbocycles. The molecule has 1 aromatic heterocycles. The lowest BCUT2D eigenvalue weighted by atomic mass is 10.1. The van der Waals surface area contributed by atoms with Crippen LogP contribution in [0.3, 0.4) is 0 Å². The van der Waals surface area contributed by atoms with E-state index in [1.54, 1.807) is 23.2 Å². The van der Waals surface area contributed by atoms with Crippen molar-refractivity contribution >= 4 is 23.6 Å². The maximum atomic E-state index is 13.7. The third kappa shape index (κ3) is 4.66. The van der Waals surface area contributed by atoms with Crippen LogP contribution < -0.4 is 5.32 Å². The topological polar surface area (TPSA) is 62.3 Å². The van der Waals surface area contributed by atoms with Crippen LogP contribution in [-0.2, 0) is 16.1 Å². The summed E-state index contributed by atoms with van der Waals surface area (Å²) in [4.78, 5) is 31.3. The largest absolute Gasteiger partial charge is 0.349 e. The Kier molecular flexibility index (Phi) is 6.45. The zero-order valence-corrected chi connectivity index (χ0v) is 15.9. The van der Waals surface area contributed by atoms with Crippen LogP contribution in [0, 0.1) is 5.82 Å². The molecule has 1 saturated heterocycles. The number of thioether (sulfide) groups is 1. The third-order valence-electron chi connectivity index (χ3n) is 4.36. The second-order valence-corrected chi connectivity index (χ2v) is 7.46. The number of hydrogen-bond acceptors (Lipinski definition) is 4. The molecule has 0 bridgehead atoms. The number of amides is 2. The van der Waals surface area contributed by atoms with Crippen molar-refractivity contribution in [3.05, 3.63) is 65.7 Å². The van der Waals surface area contributed by atoms with E-state index in [1.165, 1.54) is 23.9 Å². The number of rotatable bonds is 6. The number of carbonyl (C=O) groups is 2. The van der Waals surface area contributed by atoms with Gasteiger partial charge < -0.3 is 10.2 Å². The Bertz CT molecular complexity index is 803. The van der Waals surface area contributed by atoms with Gasteiger partial charge in [-0.1, -0.05) is 25.1 Å². The summed E-state index contributed by atoms with van der Waals surface area (Å²) in [5, 5.41) is 2.51. The first kappa shape index (κ1) is 19.4. The van der Waals surface area contributed by atoms with Crippen molar-refractivity contribution in [3.63, 3.8) is 0 Å². The average Bonchev–Trinajstić information content (AvgIpc) is 3.12. The number of nitrogens with zero attached hydrogens (tertiary/aromatic N) is 2. The fourth-order valence-electron chi connectivity index (χ4n) is 3.07. The maximum absolute atomic E-state index is 13.7. The van der Waals surface area contributed by atoms with E-state index in [0.29, 0.717) is 30.7 Å². The fourth-order valence-corrected chi connectivity index (χ4v) is 4.51. The SMILES string of the molecule is CCCC(=O)N1C(C(=O)NCc2ccccn2)CSC1c1cccc(F)c1. The zero-order valence-electron chi connectivity index (χ0n) is 15.1. The van der Waals surface area contributed by atoms with Crippen LogP contribution in [0.4, 0.5) is 4.39 Å². The van der Waals surface area contributed by atoms with E-state index >= 15 is 0 Å². The van der Waals surface area contributed by atoms with Crippen LogP contribution in [-0.4, -0.2) is 33.5 Å². The van der Waals surface area contributed by atoms with Gasteiger partial charge in [0.2, 0.25) is 11.8 Å². The molecule has 2 aromatic rings. The second kappa shape index (κ2) is 8.99. The van der Waals surface area contributed by atoms with E-state index in [4.69, 9.17) is 0 Å². The van der Waals surface area contributed by atoms with Gasteiger partial charge in [-0.25, -0.2) is 4.39 Å². The van der Waals surface area contributed by atoms with E-state index in [1.807, 2.05) is 25.1 Å². The van der Waals surface area contributed by atoms with Gasteiger partial charge in [-0.05, 0) is 36.2 Å². The number of hydrogen-bond donors (Lipinski definition) is 1. The molecule has 1 aliphatic rings. The van der Waals surface area contributed by atoms with Crippen molar-refractivity contribution in [1.29, 1.82) is 0 Å². The number of pyridine rings is 1. The van der Waals surface area contributed by atoms with Gasteiger partial charge in [0.1, 0.15) is 17.2 Å². The summed E-state index contributed by atoms with van der Waals surface area (Å²) in [5.74, 6) is -0.171. The summed E-state index contributed by atoms with van der Waals surface area (Å²) in [5.41, 5.74) is 1.45. The number of halogens is 1. The smallest absolute Gasteiger partial charge is 0.244 e. The number of benzene rings is 1. The molecule has 2 heterocycles. The van der Waals surface area contributed by atoms with Gasteiger partial charge in [-0.3, -0.25) is 14.6 Å². The molecule has 5 nitrogen and oxygen atoms in total. The molecule has 2 unspecified atom stereocenters. The van der Waals surface area contributed by atoms with Crippen molar-refractivity contribution in [2.24, 2.45) is 0 Å². The quantitative estimate of drug-likeness (QED) is 0.826. The first-order valence-electron chi connectivity index (χ1n) is 8.96. The molecule has 0 aliphatic carbocycles. The van der Waals surface area contributed by atoms with Gasteiger partial charge in [-0.15, -0.1) is 11.8 Å². The number of nitrogens with one attached hydrogen (secondary N) is 1. The fraction of sp³-hybridized carbons (Fsp3) is 0.350. The molecule has 0 spiro atoms. The van der Waals surface area contributed by atoms with E-state index in [-0.39, 0.29) is 23.0 Å². The first-order chi connectivity index (χ1) is 13.1. The molecule has 1 fully saturated rings. The Labute approximate surface area is 162 Å². The monoisotopic (exact) mass is 387 g/mol. The molecule has 0 saturated carbocycles. The first-order valence-corrected chi connectivity index (χ1v) is 10.0. The molecule has 1 aliphatic heterocycles. The maximum Gasteiger partial charge on any atom is 0.244 e. The Morgan fingerprint density at radius 3 is 2.85 bits per heavy atom. The molecular weight excluding hydrogens is 365 g/mol. The van der Waals surface area contributed by atoms with Crippen LogP contribution in [0.5, 0.6) is 0 Å². The van der Waals surface area contributed by atoms with Crippen molar-refractivity contribution in [2.45, 2.75) is 37.7 Å². The third-order valence-corrected chi connectivity index (χ3v) is 5.68. The molecular formula is C20H22FN3O2S. The summed E-state index contributed by atoms with van der Waals surface area (Å²) >= 11 is 1.49. The molecule has 27 heavy (non-hydrogen) atoms. The molecule has 1 N–H and O–H groups in total. The Hall–Kier alpha value is -2.41. The molecule has 0 radical (unpaired) electrons. The van der Waals surface area contributed by atoms with E-state index in [2.05, 4.69) is 10.3 Å². The summed E-state index contributed by atoms with van der Waals surface area (Å²) in [6.07, 6.45) is 2.72. The van der Waals surface area contributed by atoms with Gasteiger partial charge >= 0.3 is 0 Å². The van der Waals surface area contributed by atoms with Crippen LogP contribution >= 0.6 is 11.8 Å². The van der Waals surface area contributed by atoms with Gasteiger partial charge in [0.05, 0.1) is 12.2 Å². The normalized spacial score (nSPS) is 19.1. The Morgan fingerprint density at radius 1 is 1.30 bits per heavy atom. The van der Waals surface area contributed by atoms with Crippen molar-refractivity contribution < 1.29 is 14.0 Å². The summed E-state index contributed by atoms with van der Waals surface area (Å²) in [6, 6.07) is 11.1. The van der Waals surface area contributed by atoms with Crippen LogP contribution in [0.2, 0.25) is 0 Å². The predicted octanol–water partition coefficient (Wildman–Crippen LogP) is 3.28. The lowest BCUT2D eigenvalue weighted by molar-refractivity contribution is -0.140. The van der Waals surface area contributed by atoms with Gasteiger partial charge in [0, 0.05) is 18.4 Å². The Morgan fingerprint density at radius 2 is 2.15 bits per heavy atom. The summed E-state index contributed by atoms with van der Waals surface area (Å²) < 4.78 is 13.7. The minimum atomic E-state index is -0.578. The second-order valence-electron chi connectivity index (χ2n) is 6.35. The van der Waals surface area contributed by atoms with Gasteiger partial charge in [-0.2, -0.15) is 0 Å². The van der Waals surface area contributed by atoms with E-state index < -0.39 is 6.04 Å². The molecule has 2 atom stereocenters. The molecule has 142 valence electrons. The predicted molar refractivity (Wildman–Crippen MR) is 103 cm³/mol.